The van der Waals surface area contributed by atoms with E-state index in [1.165, 1.54) is 0 Å². The Balaban J connectivity index is 1.57. The first-order valence-electron chi connectivity index (χ1n) is 11.7. The minimum Gasteiger partial charge on any atom is -0.497 e. The second-order valence-corrected chi connectivity index (χ2v) is 9.36. The van der Waals surface area contributed by atoms with Crippen LogP contribution in [0.3, 0.4) is 0 Å². The predicted octanol–water partition coefficient (Wildman–Crippen LogP) is 3.97. The molecule has 1 unspecified atom stereocenters. The topological polar surface area (TPSA) is 95.2 Å². The van der Waals surface area contributed by atoms with E-state index in [1.54, 1.807) is 31.8 Å². The molecule has 188 valence electrons. The van der Waals surface area contributed by atoms with Crippen molar-refractivity contribution in [2.45, 2.75) is 38.8 Å². The van der Waals surface area contributed by atoms with Gasteiger partial charge in [0.05, 0.1) is 37.0 Å². The van der Waals surface area contributed by atoms with E-state index in [9.17, 15) is 4.79 Å². The summed E-state index contributed by atoms with van der Waals surface area (Å²) in [6.45, 7) is 5.18. The lowest BCUT2D eigenvalue weighted by Crippen LogP contribution is -2.54. The standard InChI is InChI=1S/C27H32N6O2S/c1-5-27(2,18-32(3)26(36)30-22-10-12-24(35-4)13-11-22)31-25(34)14-23-16-29-19-33(23)17-21-8-6-20(15-28)7-9-21/h6-13,16,19H,5,14,17-18H2,1-4H3,(H,30,36)(H,31,34). The van der Waals surface area contributed by atoms with E-state index in [4.69, 9.17) is 22.2 Å². The molecule has 1 amide bonds. The van der Waals surface area contributed by atoms with Crippen molar-refractivity contribution in [3.05, 3.63) is 77.9 Å². The first-order chi connectivity index (χ1) is 17.2. The van der Waals surface area contributed by atoms with Crippen molar-refractivity contribution in [2.75, 3.05) is 26.0 Å². The van der Waals surface area contributed by atoms with Gasteiger partial charge in [-0.25, -0.2) is 4.98 Å². The van der Waals surface area contributed by atoms with Crippen LogP contribution in [0.15, 0.2) is 61.1 Å². The highest BCUT2D eigenvalue weighted by atomic mass is 32.1. The molecule has 0 aliphatic carbocycles. The predicted molar refractivity (Wildman–Crippen MR) is 145 cm³/mol. The van der Waals surface area contributed by atoms with E-state index < -0.39 is 5.54 Å². The van der Waals surface area contributed by atoms with E-state index in [2.05, 4.69) is 21.7 Å². The zero-order valence-electron chi connectivity index (χ0n) is 21.1. The molecule has 0 aliphatic heterocycles. The van der Waals surface area contributed by atoms with Crippen LogP contribution in [0.25, 0.3) is 0 Å². The fourth-order valence-electron chi connectivity index (χ4n) is 3.79. The number of nitriles is 1. The molecule has 0 saturated carbocycles. The van der Waals surface area contributed by atoms with Crippen LogP contribution in [0.2, 0.25) is 0 Å². The zero-order chi connectivity index (χ0) is 26.1. The number of ether oxygens (including phenoxy) is 1. The maximum Gasteiger partial charge on any atom is 0.226 e. The van der Waals surface area contributed by atoms with Crippen LogP contribution < -0.4 is 15.4 Å². The molecule has 1 atom stereocenters. The van der Waals surface area contributed by atoms with Crippen molar-refractivity contribution in [3.8, 4) is 11.8 Å². The molecule has 8 nitrogen and oxygen atoms in total. The van der Waals surface area contributed by atoms with Gasteiger partial charge in [-0.15, -0.1) is 0 Å². The van der Waals surface area contributed by atoms with Gasteiger partial charge in [0, 0.05) is 37.7 Å². The summed E-state index contributed by atoms with van der Waals surface area (Å²) in [5.74, 6) is 0.697. The first-order valence-corrected chi connectivity index (χ1v) is 12.1. The zero-order valence-corrected chi connectivity index (χ0v) is 21.9. The van der Waals surface area contributed by atoms with Gasteiger partial charge >= 0.3 is 0 Å². The number of methoxy groups -OCH3 is 1. The van der Waals surface area contributed by atoms with Crippen molar-refractivity contribution in [3.63, 3.8) is 0 Å². The Hall–Kier alpha value is -3.90. The molecule has 9 heteroatoms. The van der Waals surface area contributed by atoms with Gasteiger partial charge < -0.3 is 24.8 Å². The molecule has 0 fully saturated rings. The molecule has 0 saturated heterocycles. The summed E-state index contributed by atoms with van der Waals surface area (Å²) >= 11 is 5.58. The quantitative estimate of drug-likeness (QED) is 0.404. The Morgan fingerprint density at radius 1 is 1.22 bits per heavy atom. The molecule has 0 bridgehead atoms. The Labute approximate surface area is 217 Å². The summed E-state index contributed by atoms with van der Waals surface area (Å²) in [5, 5.41) is 16.0. The van der Waals surface area contributed by atoms with E-state index in [1.807, 2.05) is 66.8 Å². The number of rotatable bonds is 10. The molecule has 3 aromatic rings. The first kappa shape index (κ1) is 26.7. The van der Waals surface area contributed by atoms with Gasteiger partial charge in [0.25, 0.3) is 0 Å². The molecule has 0 spiro atoms. The number of hydrogen-bond acceptors (Lipinski definition) is 5. The molecular weight excluding hydrogens is 472 g/mol. The van der Waals surface area contributed by atoms with Crippen LogP contribution in [0.5, 0.6) is 5.75 Å². The van der Waals surface area contributed by atoms with E-state index in [-0.39, 0.29) is 12.3 Å². The van der Waals surface area contributed by atoms with E-state index in [0.717, 1.165) is 29.1 Å². The van der Waals surface area contributed by atoms with Gasteiger partial charge in [0.1, 0.15) is 5.75 Å². The van der Waals surface area contributed by atoms with Crippen LogP contribution in [0.1, 0.15) is 37.1 Å². The van der Waals surface area contributed by atoms with Crippen molar-refractivity contribution < 1.29 is 9.53 Å². The van der Waals surface area contributed by atoms with Gasteiger partial charge in [-0.2, -0.15) is 5.26 Å². The minimum atomic E-state index is -0.477. The van der Waals surface area contributed by atoms with Gasteiger partial charge in [0.2, 0.25) is 5.91 Å². The second-order valence-electron chi connectivity index (χ2n) is 8.98. The Morgan fingerprint density at radius 2 is 1.92 bits per heavy atom. The third-order valence-electron chi connectivity index (χ3n) is 6.07. The average molecular weight is 505 g/mol. The molecule has 0 radical (unpaired) electrons. The Kier molecular flexibility index (Phi) is 9.03. The number of benzene rings is 2. The summed E-state index contributed by atoms with van der Waals surface area (Å²) in [5.41, 5.74) is 2.86. The highest BCUT2D eigenvalue weighted by molar-refractivity contribution is 7.80. The van der Waals surface area contributed by atoms with Gasteiger partial charge in [0.15, 0.2) is 5.11 Å². The van der Waals surface area contributed by atoms with Crippen LogP contribution in [0, 0.1) is 11.3 Å². The van der Waals surface area contributed by atoms with Crippen molar-refractivity contribution in [2.24, 2.45) is 0 Å². The fraction of sp³-hybridized carbons (Fsp3) is 0.333. The number of imidazole rings is 1. The Morgan fingerprint density at radius 3 is 2.53 bits per heavy atom. The van der Waals surface area contributed by atoms with Crippen LogP contribution >= 0.6 is 12.2 Å². The van der Waals surface area contributed by atoms with Crippen LogP contribution in [0.4, 0.5) is 5.69 Å². The smallest absolute Gasteiger partial charge is 0.226 e. The van der Waals surface area contributed by atoms with Crippen molar-refractivity contribution >= 4 is 28.9 Å². The molecule has 2 N–H and O–H groups in total. The SMILES string of the molecule is CCC(C)(CN(C)C(=S)Nc1ccc(OC)cc1)NC(=O)Cc1cncn1Cc1ccc(C#N)cc1. The van der Waals surface area contributed by atoms with Crippen LogP contribution in [-0.4, -0.2) is 51.7 Å². The number of carbonyl (C=O) groups excluding carboxylic acids is 1. The van der Waals surface area contributed by atoms with Crippen molar-refractivity contribution in [1.29, 1.82) is 5.26 Å². The number of amides is 1. The number of likely N-dealkylation sites (N-methyl/N-ethyl adjacent to an activating group) is 1. The average Bonchev–Trinajstić information content (AvgIpc) is 3.30. The second kappa shape index (κ2) is 12.2. The van der Waals surface area contributed by atoms with E-state index >= 15 is 0 Å². The summed E-state index contributed by atoms with van der Waals surface area (Å²) in [6.07, 6.45) is 4.38. The molecule has 2 aromatic carbocycles. The molecule has 3 rings (SSSR count). The lowest BCUT2D eigenvalue weighted by atomic mass is 9.97. The maximum absolute atomic E-state index is 13.0. The van der Waals surface area contributed by atoms with Crippen molar-refractivity contribution in [1.82, 2.24) is 19.8 Å². The highest BCUT2D eigenvalue weighted by Gasteiger charge is 2.27. The third kappa shape index (κ3) is 7.30. The molecular formula is C27H32N6O2S. The number of anilines is 1. The van der Waals surface area contributed by atoms with E-state index in [0.29, 0.717) is 23.8 Å². The summed E-state index contributed by atoms with van der Waals surface area (Å²) in [6, 6.07) is 17.1. The van der Waals surface area contributed by atoms with Gasteiger partial charge in [-0.3, -0.25) is 4.79 Å². The normalized spacial score (nSPS) is 12.2. The monoisotopic (exact) mass is 504 g/mol. The number of nitrogens with zero attached hydrogens (tertiary/aromatic N) is 4. The number of thiocarbonyl (C=S) groups is 1. The molecule has 0 aliphatic rings. The lowest BCUT2D eigenvalue weighted by Gasteiger charge is -2.35. The van der Waals surface area contributed by atoms with Crippen LogP contribution in [-0.2, 0) is 17.8 Å². The number of aromatic nitrogens is 2. The number of nitrogens with one attached hydrogen (secondary N) is 2. The number of hydrogen-bond donors (Lipinski definition) is 2. The summed E-state index contributed by atoms with van der Waals surface area (Å²) in [7, 11) is 3.54. The molecule has 1 heterocycles. The van der Waals surface area contributed by atoms with Gasteiger partial charge in [-0.1, -0.05) is 19.1 Å². The Bertz CT molecular complexity index is 1220. The highest BCUT2D eigenvalue weighted by Crippen LogP contribution is 2.17. The number of carbonyl (C=O) groups is 1. The summed E-state index contributed by atoms with van der Waals surface area (Å²) in [4.78, 5) is 19.2. The molecule has 1 aromatic heterocycles. The van der Waals surface area contributed by atoms with Gasteiger partial charge in [-0.05, 0) is 67.5 Å². The summed E-state index contributed by atoms with van der Waals surface area (Å²) < 4.78 is 7.14. The minimum absolute atomic E-state index is 0.0802. The lowest BCUT2D eigenvalue weighted by molar-refractivity contribution is -0.122. The maximum atomic E-state index is 13.0. The molecule has 36 heavy (non-hydrogen) atoms. The third-order valence-corrected chi connectivity index (χ3v) is 6.49. The fourth-order valence-corrected chi connectivity index (χ4v) is 3.98. The largest absolute Gasteiger partial charge is 0.497 e.